The predicted molar refractivity (Wildman–Crippen MR) is 314 cm³/mol. The van der Waals surface area contributed by atoms with Crippen LogP contribution in [0.25, 0.3) is 0 Å². The van der Waals surface area contributed by atoms with Crippen LogP contribution < -0.4 is 0 Å². The predicted octanol–water partition coefficient (Wildman–Crippen LogP) is 12.9. The second-order valence-corrected chi connectivity index (χ2v) is 50.0. The Balaban J connectivity index is 0.000000669. The Labute approximate surface area is 460 Å². The van der Waals surface area contributed by atoms with Crippen molar-refractivity contribution in [3.05, 3.63) is 215 Å². The number of hydrogen-bond acceptors (Lipinski definition) is 7. The Morgan fingerprint density at radius 2 is 0.373 bits per heavy atom. The van der Waals surface area contributed by atoms with E-state index in [0.29, 0.717) is 0 Å². The van der Waals surface area contributed by atoms with Crippen molar-refractivity contribution in [2.24, 2.45) is 0 Å². The molecule has 1 aliphatic rings. The van der Waals surface area contributed by atoms with Crippen molar-refractivity contribution >= 4 is 37.6 Å². The molecule has 1 aliphatic carbocycles. The van der Waals surface area contributed by atoms with Crippen LogP contribution in [-0.2, 0) is 33.9 Å². The van der Waals surface area contributed by atoms with E-state index in [-0.39, 0.29) is 32.5 Å². The van der Waals surface area contributed by atoms with E-state index in [1.54, 1.807) is 0 Å². The van der Waals surface area contributed by atoms with Gasteiger partial charge >= 0.3 is 397 Å². The van der Waals surface area contributed by atoms with E-state index in [2.05, 4.69) is 265 Å². The third-order valence-electron chi connectivity index (χ3n) is 16.4. The van der Waals surface area contributed by atoms with Crippen LogP contribution in [0.15, 0.2) is 182 Å². The normalized spacial score (nSPS) is 20.2. The zero-order valence-corrected chi connectivity index (χ0v) is 52.8. The van der Waals surface area contributed by atoms with Gasteiger partial charge in [-0.05, 0) is 0 Å². The number of aliphatic hydroxyl groups is 6. The van der Waals surface area contributed by atoms with E-state index < -0.39 is 74.2 Å². The van der Waals surface area contributed by atoms with E-state index in [1.807, 2.05) is 0 Å². The summed E-state index contributed by atoms with van der Waals surface area (Å²) >= 11 is -8.23. The Morgan fingerprint density at radius 1 is 0.253 bits per heavy atom. The largest absolute Gasteiger partial charge is 0.387 e. The van der Waals surface area contributed by atoms with E-state index in [1.165, 1.54) is 33.4 Å². The fourth-order valence-electron chi connectivity index (χ4n) is 13.0. The maximum absolute atomic E-state index is 9.39. The van der Waals surface area contributed by atoms with Gasteiger partial charge in [-0.1, -0.05) is 0 Å². The molecule has 0 saturated heterocycles. The maximum Gasteiger partial charge on any atom is 0.111 e. The summed E-state index contributed by atoms with van der Waals surface area (Å²) in [6.07, 6.45) is -9.84. The molecule has 0 spiro atoms. The molecular formula is C66H90O7Sn2. The molecule has 7 nitrogen and oxygen atoms in total. The first-order valence-electron chi connectivity index (χ1n) is 27.2. The van der Waals surface area contributed by atoms with Gasteiger partial charge in [-0.25, -0.2) is 0 Å². The van der Waals surface area contributed by atoms with Crippen LogP contribution in [-0.4, -0.2) is 105 Å². The van der Waals surface area contributed by atoms with Gasteiger partial charge in [0.15, 0.2) is 0 Å². The fourth-order valence-corrected chi connectivity index (χ4v) is 76.0. The topological polar surface area (TPSA) is 131 Å². The van der Waals surface area contributed by atoms with Gasteiger partial charge in [-0.15, -0.1) is 0 Å². The average molecular weight is 1230 g/mol. The fraction of sp³-hybridized carbons (Fsp3) is 0.455. The van der Waals surface area contributed by atoms with Crippen LogP contribution in [0.5, 0.6) is 0 Å². The second kappa shape index (κ2) is 24.8. The van der Waals surface area contributed by atoms with Gasteiger partial charge in [0.2, 0.25) is 0 Å². The maximum atomic E-state index is 9.39. The molecule has 404 valence electrons. The molecule has 75 heavy (non-hydrogen) atoms. The van der Waals surface area contributed by atoms with Crippen molar-refractivity contribution in [3.8, 4) is 0 Å². The molecule has 0 bridgehead atoms. The average Bonchev–Trinajstić information content (AvgIpc) is 3.37. The molecule has 0 unspecified atom stereocenters. The van der Waals surface area contributed by atoms with Gasteiger partial charge < -0.3 is 30.6 Å². The summed E-state index contributed by atoms with van der Waals surface area (Å²) in [4.78, 5) is 0. The summed E-state index contributed by atoms with van der Waals surface area (Å²) < 4.78 is 16.1. The summed E-state index contributed by atoms with van der Waals surface area (Å²) in [7, 11) is 0. The van der Waals surface area contributed by atoms with Crippen LogP contribution in [0.4, 0.5) is 0 Å². The van der Waals surface area contributed by atoms with Crippen LogP contribution >= 0.6 is 0 Å². The quantitative estimate of drug-likeness (QED) is 0.0420. The van der Waals surface area contributed by atoms with Gasteiger partial charge in [-0.3, -0.25) is 0 Å². The summed E-state index contributed by atoms with van der Waals surface area (Å²) in [5.74, 6) is 0. The SMILES string of the molecule is CC(C)([CH2][Sn]([CH2]C(C)(C)c1ccccc1)([CH2]C(C)(C)c1ccccc1)[O][Sn]([CH2]C(C)(C)c1ccccc1)([CH2]C(C)(C)c1ccccc1)[CH2]C(C)(C)c1ccccc1)c1ccccc1.OC1C(O)C(O)C(O)C(O)C1O. The van der Waals surface area contributed by atoms with Crippen LogP contribution in [0.3, 0.4) is 0 Å². The number of hydrogen-bond donors (Lipinski definition) is 6. The molecule has 0 heterocycles. The van der Waals surface area contributed by atoms with E-state index in [4.69, 9.17) is 30.6 Å². The van der Waals surface area contributed by atoms with Crippen molar-refractivity contribution in [1.29, 1.82) is 0 Å². The molecule has 9 heteroatoms. The van der Waals surface area contributed by atoms with Crippen LogP contribution in [0.2, 0.25) is 26.6 Å². The van der Waals surface area contributed by atoms with Gasteiger partial charge in [0, 0.05) is 0 Å². The number of benzene rings is 6. The Kier molecular flexibility index (Phi) is 20.1. The molecule has 1 saturated carbocycles. The van der Waals surface area contributed by atoms with Crippen molar-refractivity contribution in [2.75, 3.05) is 0 Å². The Hall–Kier alpha value is -3.36. The zero-order valence-electron chi connectivity index (χ0n) is 47.1. The van der Waals surface area contributed by atoms with Crippen molar-refractivity contribution < 1.29 is 32.1 Å². The van der Waals surface area contributed by atoms with Crippen LogP contribution in [0, 0.1) is 0 Å². The summed E-state index contributed by atoms with van der Waals surface area (Å²) in [5.41, 5.74) is 7.98. The minimum Gasteiger partial charge on any atom is -0.387 e. The first-order valence-corrected chi connectivity index (χ1v) is 41.6. The minimum absolute atomic E-state index is 0.0900. The van der Waals surface area contributed by atoms with Crippen molar-refractivity contribution in [1.82, 2.24) is 0 Å². The summed E-state index contributed by atoms with van der Waals surface area (Å²) in [6, 6.07) is 68.6. The monoisotopic (exact) mass is 1230 g/mol. The molecule has 0 atom stereocenters. The van der Waals surface area contributed by atoms with E-state index >= 15 is 0 Å². The van der Waals surface area contributed by atoms with Gasteiger partial charge in [0.25, 0.3) is 0 Å². The standard InChI is InChI=1S/6C10H13.C6H12O6.O.2Sn/c6*1-10(2,3)9-7-5-4-6-8-9;7-1-2(8)4(10)6(12)5(11)3(1)9;;;/h6*4-8H,1H2,2-3H3;1-12H;;;. The molecule has 1 fully saturated rings. The molecule has 0 aromatic heterocycles. The molecular weight excluding hydrogens is 1140 g/mol. The minimum atomic E-state index is -4.11. The first kappa shape index (κ1) is 60.9. The van der Waals surface area contributed by atoms with Gasteiger partial charge in [0.05, 0.1) is 0 Å². The third kappa shape index (κ3) is 15.5. The van der Waals surface area contributed by atoms with E-state index in [0.717, 1.165) is 26.6 Å². The van der Waals surface area contributed by atoms with Crippen LogP contribution in [0.1, 0.15) is 116 Å². The second-order valence-electron chi connectivity index (χ2n) is 26.0. The molecule has 0 radical (unpaired) electrons. The number of aliphatic hydroxyl groups excluding tert-OH is 6. The summed E-state index contributed by atoms with van der Waals surface area (Å²) in [6.45, 7) is 30.4. The Bertz CT molecular complexity index is 2160. The van der Waals surface area contributed by atoms with E-state index in [9.17, 15) is 1.41 Å². The van der Waals surface area contributed by atoms with Gasteiger partial charge in [0.1, 0.15) is 36.6 Å². The smallest absolute Gasteiger partial charge is 0.111 e. The first-order chi connectivity index (χ1) is 35.0. The molecule has 6 aromatic carbocycles. The van der Waals surface area contributed by atoms with Gasteiger partial charge in [-0.2, -0.15) is 0 Å². The van der Waals surface area contributed by atoms with Crippen molar-refractivity contribution in [2.45, 2.75) is 179 Å². The molecule has 6 aromatic rings. The molecule has 6 N–H and O–H groups in total. The molecule has 7 rings (SSSR count). The van der Waals surface area contributed by atoms with Crippen molar-refractivity contribution in [3.63, 3.8) is 0 Å². The third-order valence-corrected chi connectivity index (χ3v) is 61.7. The molecule has 0 amide bonds. The summed E-state index contributed by atoms with van der Waals surface area (Å²) in [5, 5.41) is 53.8. The zero-order chi connectivity index (χ0) is 55.1. The molecule has 0 aliphatic heterocycles. The number of rotatable bonds is 20. The Morgan fingerprint density at radius 3 is 0.493 bits per heavy atom.